The van der Waals surface area contributed by atoms with Gasteiger partial charge in [0.25, 0.3) is 0 Å². The predicted molar refractivity (Wildman–Crippen MR) is 62.9 cm³/mol. The Morgan fingerprint density at radius 2 is 2.24 bits per heavy atom. The summed E-state index contributed by atoms with van der Waals surface area (Å²) in [5.74, 6) is -0.276. The third-order valence-corrected chi connectivity index (χ3v) is 2.45. The number of benzene rings is 1. The topological polar surface area (TPSA) is 72.7 Å². The van der Waals surface area contributed by atoms with Crippen LogP contribution in [0.2, 0.25) is 10.0 Å². The van der Waals surface area contributed by atoms with Gasteiger partial charge in [-0.2, -0.15) is 0 Å². The second-order valence-electron chi connectivity index (χ2n) is 3.18. The summed E-state index contributed by atoms with van der Waals surface area (Å²) in [5, 5.41) is 13.9. The number of carbonyl (C=O) groups excluding carboxylic acids is 1. The van der Waals surface area contributed by atoms with Crippen LogP contribution in [0.25, 0.3) is 0 Å². The van der Waals surface area contributed by atoms with E-state index in [2.05, 4.69) is 20.8 Å². The standard InChI is InChI=1S/C9H7Cl2N5O/c10-6-1-2-8(7(11)3-6)13-9(17)4-16-5-12-14-15-16/h1-3,5H,4H2,(H,13,17). The molecule has 0 aliphatic heterocycles. The van der Waals surface area contributed by atoms with E-state index < -0.39 is 0 Å². The number of tetrazole rings is 1. The van der Waals surface area contributed by atoms with Gasteiger partial charge in [-0.05, 0) is 28.6 Å². The Morgan fingerprint density at radius 3 is 2.88 bits per heavy atom. The lowest BCUT2D eigenvalue weighted by Crippen LogP contribution is -2.19. The molecule has 6 nitrogen and oxygen atoms in total. The van der Waals surface area contributed by atoms with Crippen LogP contribution in [-0.4, -0.2) is 26.1 Å². The maximum atomic E-state index is 11.6. The first-order chi connectivity index (χ1) is 8.15. The number of hydrogen-bond donors (Lipinski definition) is 1. The van der Waals surface area contributed by atoms with Crippen molar-refractivity contribution in [3.8, 4) is 0 Å². The Labute approximate surface area is 107 Å². The van der Waals surface area contributed by atoms with E-state index in [4.69, 9.17) is 23.2 Å². The number of rotatable bonds is 3. The maximum Gasteiger partial charge on any atom is 0.246 e. The van der Waals surface area contributed by atoms with Gasteiger partial charge in [-0.25, -0.2) is 4.68 Å². The SMILES string of the molecule is O=C(Cn1cnnn1)Nc1ccc(Cl)cc1Cl. The molecule has 0 aliphatic carbocycles. The van der Waals surface area contributed by atoms with Gasteiger partial charge in [0, 0.05) is 5.02 Å². The normalized spacial score (nSPS) is 10.2. The van der Waals surface area contributed by atoms with Crippen LogP contribution in [0.4, 0.5) is 5.69 Å². The molecule has 8 heteroatoms. The van der Waals surface area contributed by atoms with Gasteiger partial charge < -0.3 is 5.32 Å². The highest BCUT2D eigenvalue weighted by Gasteiger charge is 2.07. The molecule has 0 aliphatic rings. The van der Waals surface area contributed by atoms with Crippen LogP contribution in [0.15, 0.2) is 24.5 Å². The van der Waals surface area contributed by atoms with Gasteiger partial charge in [0.05, 0.1) is 10.7 Å². The van der Waals surface area contributed by atoms with Crippen molar-refractivity contribution in [2.45, 2.75) is 6.54 Å². The number of nitrogens with zero attached hydrogens (tertiary/aromatic N) is 4. The van der Waals surface area contributed by atoms with Gasteiger partial charge in [-0.3, -0.25) is 4.79 Å². The number of halogens is 2. The Hall–Kier alpha value is -1.66. The van der Waals surface area contributed by atoms with E-state index in [1.54, 1.807) is 18.2 Å². The number of amides is 1. The summed E-state index contributed by atoms with van der Waals surface area (Å²) < 4.78 is 1.30. The van der Waals surface area contributed by atoms with E-state index >= 15 is 0 Å². The van der Waals surface area contributed by atoms with Crippen molar-refractivity contribution in [3.63, 3.8) is 0 Å². The highest BCUT2D eigenvalue weighted by Crippen LogP contribution is 2.25. The molecule has 0 saturated heterocycles. The van der Waals surface area contributed by atoms with E-state index in [1.807, 2.05) is 0 Å². The number of anilines is 1. The highest BCUT2D eigenvalue weighted by atomic mass is 35.5. The van der Waals surface area contributed by atoms with Crippen LogP contribution in [0, 0.1) is 0 Å². The first-order valence-corrected chi connectivity index (χ1v) is 5.36. The zero-order chi connectivity index (χ0) is 12.3. The lowest BCUT2D eigenvalue weighted by Gasteiger charge is -2.06. The second-order valence-corrected chi connectivity index (χ2v) is 4.02. The summed E-state index contributed by atoms with van der Waals surface area (Å²) in [5.41, 5.74) is 0.495. The monoisotopic (exact) mass is 271 g/mol. The van der Waals surface area contributed by atoms with Gasteiger partial charge in [0.15, 0.2) is 0 Å². The summed E-state index contributed by atoms with van der Waals surface area (Å²) in [6.45, 7) is 0.0198. The third-order valence-electron chi connectivity index (χ3n) is 1.90. The van der Waals surface area contributed by atoms with Crippen LogP contribution in [-0.2, 0) is 11.3 Å². The molecule has 0 atom stereocenters. The molecule has 0 fully saturated rings. The average Bonchev–Trinajstić information content (AvgIpc) is 2.75. The van der Waals surface area contributed by atoms with E-state index in [9.17, 15) is 4.79 Å². The van der Waals surface area contributed by atoms with Crippen LogP contribution >= 0.6 is 23.2 Å². The molecular formula is C9H7Cl2N5O. The maximum absolute atomic E-state index is 11.6. The zero-order valence-corrected chi connectivity index (χ0v) is 9.98. The number of aromatic nitrogens is 4. The molecule has 1 heterocycles. The molecule has 1 N–H and O–H groups in total. The second kappa shape index (κ2) is 5.11. The third kappa shape index (κ3) is 3.15. The summed E-state index contributed by atoms with van der Waals surface area (Å²) in [4.78, 5) is 11.6. The zero-order valence-electron chi connectivity index (χ0n) is 8.47. The lowest BCUT2D eigenvalue weighted by molar-refractivity contribution is -0.116. The van der Waals surface area contributed by atoms with Crippen LogP contribution in [0.1, 0.15) is 0 Å². The average molecular weight is 272 g/mol. The lowest BCUT2D eigenvalue weighted by atomic mass is 10.3. The van der Waals surface area contributed by atoms with Crippen LogP contribution in [0.3, 0.4) is 0 Å². The summed E-state index contributed by atoms with van der Waals surface area (Å²) in [7, 11) is 0. The minimum absolute atomic E-state index is 0.0198. The van der Waals surface area contributed by atoms with Gasteiger partial charge in [-0.15, -0.1) is 5.10 Å². The first-order valence-electron chi connectivity index (χ1n) is 4.61. The van der Waals surface area contributed by atoms with E-state index in [0.717, 1.165) is 0 Å². The molecule has 17 heavy (non-hydrogen) atoms. The van der Waals surface area contributed by atoms with Crippen molar-refractivity contribution in [1.82, 2.24) is 20.2 Å². The molecule has 2 rings (SSSR count). The molecule has 1 aromatic heterocycles. The fourth-order valence-electron chi connectivity index (χ4n) is 1.18. The molecule has 0 spiro atoms. The Morgan fingerprint density at radius 1 is 1.41 bits per heavy atom. The van der Waals surface area contributed by atoms with Crippen molar-refractivity contribution >= 4 is 34.8 Å². The van der Waals surface area contributed by atoms with E-state index in [1.165, 1.54) is 11.0 Å². The molecule has 1 amide bonds. The molecule has 0 bridgehead atoms. The smallest absolute Gasteiger partial charge is 0.246 e. The molecule has 1 aromatic carbocycles. The van der Waals surface area contributed by atoms with Crippen molar-refractivity contribution in [1.29, 1.82) is 0 Å². The minimum Gasteiger partial charge on any atom is -0.323 e. The molecule has 0 saturated carbocycles. The van der Waals surface area contributed by atoms with Crippen molar-refractivity contribution in [2.24, 2.45) is 0 Å². The Balaban J connectivity index is 2.03. The predicted octanol–water partition coefficient (Wildman–Crippen LogP) is 1.62. The summed E-state index contributed by atoms with van der Waals surface area (Å²) in [6, 6.07) is 4.82. The fourth-order valence-corrected chi connectivity index (χ4v) is 1.64. The van der Waals surface area contributed by atoms with Crippen LogP contribution in [0.5, 0.6) is 0 Å². The molecule has 2 aromatic rings. The molecular weight excluding hydrogens is 265 g/mol. The summed E-state index contributed by atoms with van der Waals surface area (Å²) >= 11 is 11.6. The number of hydrogen-bond acceptors (Lipinski definition) is 4. The van der Waals surface area contributed by atoms with Gasteiger partial charge in [-0.1, -0.05) is 23.2 Å². The Bertz CT molecular complexity index is 528. The summed E-state index contributed by atoms with van der Waals surface area (Å²) in [6.07, 6.45) is 1.35. The molecule has 0 unspecified atom stereocenters. The van der Waals surface area contributed by atoms with E-state index in [-0.39, 0.29) is 12.5 Å². The van der Waals surface area contributed by atoms with Crippen molar-refractivity contribution in [2.75, 3.05) is 5.32 Å². The Kier molecular flexibility index (Phi) is 3.55. The molecule has 88 valence electrons. The molecule has 0 radical (unpaired) electrons. The quantitative estimate of drug-likeness (QED) is 0.921. The van der Waals surface area contributed by atoms with E-state index in [0.29, 0.717) is 15.7 Å². The van der Waals surface area contributed by atoms with Crippen LogP contribution < -0.4 is 5.32 Å². The van der Waals surface area contributed by atoms with Crippen molar-refractivity contribution < 1.29 is 4.79 Å². The fraction of sp³-hybridized carbons (Fsp3) is 0.111. The largest absolute Gasteiger partial charge is 0.323 e. The van der Waals surface area contributed by atoms with Gasteiger partial charge >= 0.3 is 0 Å². The van der Waals surface area contributed by atoms with Gasteiger partial charge in [0.1, 0.15) is 12.9 Å². The van der Waals surface area contributed by atoms with Gasteiger partial charge in [0.2, 0.25) is 5.91 Å². The first kappa shape index (κ1) is 11.8. The highest BCUT2D eigenvalue weighted by molar-refractivity contribution is 6.36. The van der Waals surface area contributed by atoms with Crippen molar-refractivity contribution in [3.05, 3.63) is 34.6 Å². The minimum atomic E-state index is -0.276. The number of carbonyl (C=O) groups is 1. The number of nitrogens with one attached hydrogen (secondary N) is 1.